The van der Waals surface area contributed by atoms with Crippen LogP contribution in [0.3, 0.4) is 0 Å². The minimum Gasteiger partial charge on any atom is -0.460 e. The summed E-state index contributed by atoms with van der Waals surface area (Å²) in [4.78, 5) is 22.6. The average Bonchev–Trinajstić information content (AvgIpc) is 2.62. The lowest BCUT2D eigenvalue weighted by Gasteiger charge is -2.08. The molecule has 0 aliphatic rings. The van der Waals surface area contributed by atoms with Crippen LogP contribution in [0.2, 0.25) is 0 Å². The lowest BCUT2D eigenvalue weighted by atomic mass is 10.2. The van der Waals surface area contributed by atoms with Crippen LogP contribution in [0.15, 0.2) is 42.5 Å². The van der Waals surface area contributed by atoms with Crippen molar-refractivity contribution in [1.29, 1.82) is 0 Å². The molecule has 0 atom stereocenters. The summed E-state index contributed by atoms with van der Waals surface area (Å²) in [5, 5.41) is 2.59. The van der Waals surface area contributed by atoms with Crippen LogP contribution in [-0.4, -0.2) is 51.6 Å². The Hall–Kier alpha value is -2.38. The molecule has 7 heteroatoms. The molecular formula is C18H25NO6. The van der Waals surface area contributed by atoms with Crippen LogP contribution < -0.4 is 5.32 Å². The number of benzene rings is 1. The van der Waals surface area contributed by atoms with Gasteiger partial charge in [0.15, 0.2) is 0 Å². The lowest BCUT2D eigenvalue weighted by Crippen LogP contribution is -2.28. The quantitative estimate of drug-likeness (QED) is 0.353. The van der Waals surface area contributed by atoms with Crippen LogP contribution in [0.4, 0.5) is 4.79 Å². The van der Waals surface area contributed by atoms with Crippen molar-refractivity contribution < 1.29 is 28.5 Å². The van der Waals surface area contributed by atoms with Gasteiger partial charge in [0.05, 0.1) is 26.4 Å². The van der Waals surface area contributed by atoms with Gasteiger partial charge in [0.1, 0.15) is 13.2 Å². The third-order valence-corrected chi connectivity index (χ3v) is 2.91. The van der Waals surface area contributed by atoms with Crippen molar-refractivity contribution in [2.75, 3.05) is 39.6 Å². The van der Waals surface area contributed by atoms with Gasteiger partial charge in [0.25, 0.3) is 0 Å². The third kappa shape index (κ3) is 10.9. The van der Waals surface area contributed by atoms with E-state index < -0.39 is 12.1 Å². The first-order valence-corrected chi connectivity index (χ1v) is 8.02. The van der Waals surface area contributed by atoms with Crippen LogP contribution in [0.5, 0.6) is 0 Å². The molecule has 1 aromatic rings. The van der Waals surface area contributed by atoms with Gasteiger partial charge in [-0.15, -0.1) is 0 Å². The van der Waals surface area contributed by atoms with E-state index in [4.69, 9.17) is 18.9 Å². The zero-order valence-corrected chi connectivity index (χ0v) is 14.5. The Labute approximate surface area is 147 Å². The maximum absolute atomic E-state index is 11.5. The zero-order chi connectivity index (χ0) is 18.3. The van der Waals surface area contributed by atoms with Crippen molar-refractivity contribution in [1.82, 2.24) is 5.32 Å². The van der Waals surface area contributed by atoms with Gasteiger partial charge < -0.3 is 24.3 Å². The molecule has 1 N–H and O–H groups in total. The number of rotatable bonds is 12. The second-order valence-electron chi connectivity index (χ2n) is 5.13. The summed E-state index contributed by atoms with van der Waals surface area (Å²) in [6.07, 6.45) is -0.483. The highest BCUT2D eigenvalue weighted by atomic mass is 16.6. The third-order valence-electron chi connectivity index (χ3n) is 2.91. The van der Waals surface area contributed by atoms with Gasteiger partial charge in [-0.3, -0.25) is 0 Å². The Morgan fingerprint density at radius 2 is 1.60 bits per heavy atom. The summed E-state index contributed by atoms with van der Waals surface area (Å²) in [7, 11) is 0. The molecule has 7 nitrogen and oxygen atoms in total. The fourth-order valence-electron chi connectivity index (χ4n) is 1.64. The number of carbonyl (C=O) groups is 2. The van der Waals surface area contributed by atoms with Crippen molar-refractivity contribution in [2.24, 2.45) is 0 Å². The molecule has 25 heavy (non-hydrogen) atoms. The maximum Gasteiger partial charge on any atom is 0.407 e. The molecule has 138 valence electrons. The first kappa shape index (κ1) is 20.7. The van der Waals surface area contributed by atoms with Crippen molar-refractivity contribution in [2.45, 2.75) is 13.5 Å². The van der Waals surface area contributed by atoms with Crippen LogP contribution in [0.1, 0.15) is 12.5 Å². The average molecular weight is 351 g/mol. The standard InChI is InChI=1S/C18H25NO6/c1-15(2)17(20)24-13-12-23-11-10-22-9-8-19-18(21)25-14-16-6-4-3-5-7-16/h3-7H,1,8-14H2,2H3,(H,19,21). The van der Waals surface area contributed by atoms with Crippen molar-refractivity contribution in [3.05, 3.63) is 48.0 Å². The molecule has 0 heterocycles. The smallest absolute Gasteiger partial charge is 0.407 e. The number of ether oxygens (including phenoxy) is 4. The van der Waals surface area contributed by atoms with Gasteiger partial charge in [-0.2, -0.15) is 0 Å². The minimum atomic E-state index is -0.483. The van der Waals surface area contributed by atoms with Crippen LogP contribution in [0, 0.1) is 0 Å². The van der Waals surface area contributed by atoms with Crippen molar-refractivity contribution >= 4 is 12.1 Å². The molecule has 0 aromatic heterocycles. The molecule has 0 fully saturated rings. The molecule has 0 bridgehead atoms. The highest BCUT2D eigenvalue weighted by Gasteiger charge is 2.03. The Bertz CT molecular complexity index is 532. The molecule has 1 amide bonds. The fraction of sp³-hybridized carbons (Fsp3) is 0.444. The van der Waals surface area contributed by atoms with E-state index >= 15 is 0 Å². The fourth-order valence-corrected chi connectivity index (χ4v) is 1.64. The van der Waals surface area contributed by atoms with Crippen LogP contribution >= 0.6 is 0 Å². The number of nitrogens with one attached hydrogen (secondary N) is 1. The monoisotopic (exact) mass is 351 g/mol. The Kier molecular flexibility index (Phi) is 10.7. The molecule has 1 rings (SSSR count). The van der Waals surface area contributed by atoms with Crippen molar-refractivity contribution in [3.63, 3.8) is 0 Å². The zero-order valence-electron chi connectivity index (χ0n) is 14.5. The summed E-state index contributed by atoms with van der Waals surface area (Å²) in [6.45, 7) is 7.24. The minimum absolute atomic E-state index is 0.181. The summed E-state index contributed by atoms with van der Waals surface area (Å²) in [6, 6.07) is 9.44. The number of hydrogen-bond donors (Lipinski definition) is 1. The molecular weight excluding hydrogens is 326 g/mol. The molecule has 1 aromatic carbocycles. The van der Waals surface area contributed by atoms with E-state index in [2.05, 4.69) is 11.9 Å². The van der Waals surface area contributed by atoms with Gasteiger partial charge >= 0.3 is 12.1 Å². The predicted octanol–water partition coefficient (Wildman–Crippen LogP) is 2.07. The Morgan fingerprint density at radius 3 is 2.28 bits per heavy atom. The predicted molar refractivity (Wildman–Crippen MR) is 92.0 cm³/mol. The molecule has 0 unspecified atom stereocenters. The van der Waals surface area contributed by atoms with E-state index in [-0.39, 0.29) is 13.2 Å². The number of hydrogen-bond acceptors (Lipinski definition) is 6. The molecule has 0 radical (unpaired) electrons. The molecule has 0 saturated heterocycles. The normalized spacial score (nSPS) is 10.1. The highest BCUT2D eigenvalue weighted by Crippen LogP contribution is 2.00. The summed E-state index contributed by atoms with van der Waals surface area (Å²) < 4.78 is 20.5. The Morgan fingerprint density at radius 1 is 0.960 bits per heavy atom. The maximum atomic E-state index is 11.5. The van der Waals surface area contributed by atoms with E-state index in [9.17, 15) is 9.59 Å². The first-order chi connectivity index (χ1) is 12.1. The highest BCUT2D eigenvalue weighted by molar-refractivity contribution is 5.86. The van der Waals surface area contributed by atoms with Crippen LogP contribution in [-0.2, 0) is 30.3 Å². The summed E-state index contributed by atoms with van der Waals surface area (Å²) >= 11 is 0. The van der Waals surface area contributed by atoms with Crippen LogP contribution in [0.25, 0.3) is 0 Å². The van der Waals surface area contributed by atoms with Gasteiger partial charge in [-0.1, -0.05) is 36.9 Å². The number of esters is 1. The van der Waals surface area contributed by atoms with Gasteiger partial charge in [0, 0.05) is 12.1 Å². The van der Waals surface area contributed by atoms with E-state index in [1.165, 1.54) is 0 Å². The second kappa shape index (κ2) is 13.0. The van der Waals surface area contributed by atoms with Crippen molar-refractivity contribution in [3.8, 4) is 0 Å². The molecule has 0 spiro atoms. The van der Waals surface area contributed by atoms with Gasteiger partial charge in [0.2, 0.25) is 0 Å². The number of alkyl carbamates (subject to hydrolysis) is 1. The number of amides is 1. The van der Waals surface area contributed by atoms with E-state index in [1.54, 1.807) is 6.92 Å². The largest absolute Gasteiger partial charge is 0.460 e. The second-order valence-corrected chi connectivity index (χ2v) is 5.13. The summed E-state index contributed by atoms with van der Waals surface area (Å²) in [5.74, 6) is -0.426. The Balaban J connectivity index is 1.87. The number of carbonyl (C=O) groups excluding carboxylic acids is 2. The molecule has 0 saturated carbocycles. The van der Waals surface area contributed by atoms with E-state index in [1.807, 2.05) is 30.3 Å². The summed E-state index contributed by atoms with van der Waals surface area (Å²) in [5.41, 5.74) is 1.29. The van der Waals surface area contributed by atoms with E-state index in [0.717, 1.165) is 5.56 Å². The SMILES string of the molecule is C=C(C)C(=O)OCCOCCOCCNC(=O)OCc1ccccc1. The molecule has 0 aliphatic heterocycles. The van der Waals surface area contributed by atoms with Gasteiger partial charge in [-0.25, -0.2) is 9.59 Å². The first-order valence-electron chi connectivity index (χ1n) is 8.02. The lowest BCUT2D eigenvalue weighted by molar-refractivity contribution is -0.140. The van der Waals surface area contributed by atoms with E-state index in [0.29, 0.717) is 38.5 Å². The molecule has 0 aliphatic carbocycles. The topological polar surface area (TPSA) is 83.1 Å². The van der Waals surface area contributed by atoms with Gasteiger partial charge in [-0.05, 0) is 12.5 Å².